The van der Waals surface area contributed by atoms with Crippen molar-refractivity contribution in [3.63, 3.8) is 0 Å². The first-order chi connectivity index (χ1) is 7.76. The highest BCUT2D eigenvalue weighted by Crippen LogP contribution is 2.30. The second-order valence-corrected chi connectivity index (χ2v) is 3.36. The first kappa shape index (κ1) is 10.8. The van der Waals surface area contributed by atoms with E-state index in [4.69, 9.17) is 21.1 Å². The molecule has 0 bridgehead atoms. The maximum Gasteiger partial charge on any atom is 0.189 e. The number of H-pyrrole nitrogens is 1. The van der Waals surface area contributed by atoms with Crippen LogP contribution in [-0.4, -0.2) is 18.2 Å². The van der Waals surface area contributed by atoms with Crippen molar-refractivity contribution in [1.29, 1.82) is 0 Å². The topological polar surface area (TPSA) is 51.3 Å². The highest BCUT2D eigenvalue weighted by molar-refractivity contribution is 6.17. The van der Waals surface area contributed by atoms with Gasteiger partial charge in [-0.25, -0.2) is 0 Å². The molecule has 5 heteroatoms. The fourth-order valence-electron chi connectivity index (χ4n) is 1.51. The standard InChI is InChI=1S/C11H10ClNO3/c1-15-10-4-7-8(5-11(10)16-6-12)13-3-2-9(7)14/h2-5H,6H2,1H3,(H,13,14). The Hall–Kier alpha value is -1.68. The fourth-order valence-corrected chi connectivity index (χ4v) is 1.63. The van der Waals surface area contributed by atoms with E-state index >= 15 is 0 Å². The highest BCUT2D eigenvalue weighted by Gasteiger charge is 2.08. The number of pyridine rings is 1. The lowest BCUT2D eigenvalue weighted by Crippen LogP contribution is -2.02. The number of aromatic amines is 1. The molecule has 1 aromatic carbocycles. The third kappa shape index (κ3) is 1.84. The molecule has 16 heavy (non-hydrogen) atoms. The van der Waals surface area contributed by atoms with Gasteiger partial charge in [-0.2, -0.15) is 0 Å². The van der Waals surface area contributed by atoms with Gasteiger partial charge in [-0.05, 0) is 6.07 Å². The third-order valence-corrected chi connectivity index (χ3v) is 2.36. The van der Waals surface area contributed by atoms with Gasteiger partial charge in [0.05, 0.1) is 12.6 Å². The molecule has 2 rings (SSSR count). The van der Waals surface area contributed by atoms with E-state index in [2.05, 4.69) is 4.98 Å². The summed E-state index contributed by atoms with van der Waals surface area (Å²) in [5, 5.41) is 0.557. The molecule has 0 fully saturated rings. The SMILES string of the molecule is COc1cc2c(=O)cc[nH]c2cc1OCCl. The Morgan fingerprint density at radius 3 is 2.88 bits per heavy atom. The number of fused-ring (bicyclic) bond motifs is 1. The molecule has 0 spiro atoms. The van der Waals surface area contributed by atoms with Crippen LogP contribution in [0.4, 0.5) is 0 Å². The van der Waals surface area contributed by atoms with Gasteiger partial charge < -0.3 is 14.5 Å². The molecule has 0 atom stereocenters. The Labute approximate surface area is 96.8 Å². The molecule has 0 radical (unpaired) electrons. The maximum atomic E-state index is 11.6. The molecule has 0 saturated carbocycles. The monoisotopic (exact) mass is 239 g/mol. The predicted octanol–water partition coefficient (Wildman–Crippen LogP) is 2.11. The number of nitrogens with one attached hydrogen (secondary N) is 1. The van der Waals surface area contributed by atoms with E-state index in [9.17, 15) is 4.79 Å². The van der Waals surface area contributed by atoms with E-state index < -0.39 is 0 Å². The Morgan fingerprint density at radius 1 is 1.38 bits per heavy atom. The molecule has 1 heterocycles. The lowest BCUT2D eigenvalue weighted by atomic mass is 10.2. The number of rotatable bonds is 3. The second kappa shape index (κ2) is 4.45. The van der Waals surface area contributed by atoms with Gasteiger partial charge in [-0.3, -0.25) is 4.79 Å². The number of ether oxygens (including phenoxy) is 2. The Balaban J connectivity index is 2.70. The van der Waals surface area contributed by atoms with Crippen molar-refractivity contribution < 1.29 is 9.47 Å². The molecule has 1 aromatic heterocycles. The molecule has 84 valence electrons. The van der Waals surface area contributed by atoms with E-state index in [-0.39, 0.29) is 11.5 Å². The molecule has 0 aliphatic heterocycles. The highest BCUT2D eigenvalue weighted by atomic mass is 35.5. The van der Waals surface area contributed by atoms with Gasteiger partial charge >= 0.3 is 0 Å². The van der Waals surface area contributed by atoms with E-state index in [0.29, 0.717) is 22.4 Å². The van der Waals surface area contributed by atoms with E-state index in [1.165, 1.54) is 13.2 Å². The van der Waals surface area contributed by atoms with Crippen molar-refractivity contribution in [2.45, 2.75) is 0 Å². The predicted molar refractivity (Wildman–Crippen MR) is 62.5 cm³/mol. The molecule has 1 N–H and O–H groups in total. The minimum absolute atomic E-state index is 0.0267. The zero-order valence-electron chi connectivity index (χ0n) is 8.62. The summed E-state index contributed by atoms with van der Waals surface area (Å²) in [5.41, 5.74) is 0.623. The van der Waals surface area contributed by atoms with Crippen molar-refractivity contribution in [3.05, 3.63) is 34.6 Å². The van der Waals surface area contributed by atoms with Crippen LogP contribution in [0.1, 0.15) is 0 Å². The van der Waals surface area contributed by atoms with Crippen LogP contribution in [0.3, 0.4) is 0 Å². The summed E-state index contributed by atoms with van der Waals surface area (Å²) in [5.74, 6) is 0.997. The number of halogens is 1. The van der Waals surface area contributed by atoms with Gasteiger partial charge in [0.25, 0.3) is 0 Å². The molecule has 0 amide bonds. The number of hydrogen-bond donors (Lipinski definition) is 1. The smallest absolute Gasteiger partial charge is 0.189 e. The number of methoxy groups -OCH3 is 1. The van der Waals surface area contributed by atoms with Crippen molar-refractivity contribution in [2.75, 3.05) is 13.2 Å². The first-order valence-corrected chi connectivity index (χ1v) is 5.18. The van der Waals surface area contributed by atoms with Crippen molar-refractivity contribution in [3.8, 4) is 11.5 Å². The van der Waals surface area contributed by atoms with E-state index in [0.717, 1.165) is 0 Å². The summed E-state index contributed by atoms with van der Waals surface area (Å²) in [4.78, 5) is 14.5. The van der Waals surface area contributed by atoms with Gasteiger partial charge in [-0.1, -0.05) is 11.6 Å². The normalized spacial score (nSPS) is 10.4. The zero-order chi connectivity index (χ0) is 11.5. The Kier molecular flexibility index (Phi) is 3.01. The van der Waals surface area contributed by atoms with Crippen LogP contribution >= 0.6 is 11.6 Å². The summed E-state index contributed by atoms with van der Waals surface area (Å²) in [7, 11) is 1.51. The third-order valence-electron chi connectivity index (χ3n) is 2.25. The summed E-state index contributed by atoms with van der Waals surface area (Å²) in [6.45, 7) is 0. The average molecular weight is 240 g/mol. The lowest BCUT2D eigenvalue weighted by molar-refractivity contribution is 0.342. The molecule has 0 unspecified atom stereocenters. The van der Waals surface area contributed by atoms with E-state index in [1.54, 1.807) is 18.3 Å². The maximum absolute atomic E-state index is 11.6. The van der Waals surface area contributed by atoms with Crippen molar-refractivity contribution in [1.82, 2.24) is 4.98 Å². The fraction of sp³-hybridized carbons (Fsp3) is 0.182. The van der Waals surface area contributed by atoms with Crippen LogP contribution in [0.5, 0.6) is 11.5 Å². The van der Waals surface area contributed by atoms with Gasteiger partial charge in [0.1, 0.15) is 0 Å². The molecule has 0 saturated heterocycles. The average Bonchev–Trinajstić information content (AvgIpc) is 2.29. The Morgan fingerprint density at radius 2 is 2.19 bits per heavy atom. The molecule has 2 aromatic rings. The van der Waals surface area contributed by atoms with Crippen LogP contribution in [0.2, 0.25) is 0 Å². The van der Waals surface area contributed by atoms with Gasteiger partial charge in [-0.15, -0.1) is 0 Å². The molecule has 0 aliphatic rings. The largest absolute Gasteiger partial charge is 0.493 e. The van der Waals surface area contributed by atoms with Crippen molar-refractivity contribution >= 4 is 22.5 Å². The number of alkyl halides is 1. The van der Waals surface area contributed by atoms with Gasteiger partial charge in [0.15, 0.2) is 23.0 Å². The van der Waals surface area contributed by atoms with Crippen LogP contribution < -0.4 is 14.9 Å². The van der Waals surface area contributed by atoms with Crippen molar-refractivity contribution in [2.24, 2.45) is 0 Å². The number of aromatic nitrogens is 1. The Bertz CT molecular complexity index is 565. The number of benzene rings is 1. The van der Waals surface area contributed by atoms with Crippen LogP contribution in [0.15, 0.2) is 29.2 Å². The summed E-state index contributed by atoms with van der Waals surface area (Å²) < 4.78 is 10.3. The minimum Gasteiger partial charge on any atom is -0.493 e. The summed E-state index contributed by atoms with van der Waals surface area (Å²) >= 11 is 5.50. The minimum atomic E-state index is -0.0653. The second-order valence-electron chi connectivity index (χ2n) is 3.14. The quantitative estimate of drug-likeness (QED) is 0.835. The lowest BCUT2D eigenvalue weighted by Gasteiger charge is -2.09. The van der Waals surface area contributed by atoms with Crippen LogP contribution in [0, 0.1) is 0 Å². The van der Waals surface area contributed by atoms with Gasteiger partial charge in [0, 0.05) is 23.7 Å². The molecular weight excluding hydrogens is 230 g/mol. The molecule has 4 nitrogen and oxygen atoms in total. The van der Waals surface area contributed by atoms with Crippen LogP contribution in [0.25, 0.3) is 10.9 Å². The summed E-state index contributed by atoms with van der Waals surface area (Å²) in [6, 6.07) is 4.82. The van der Waals surface area contributed by atoms with Crippen LogP contribution in [-0.2, 0) is 0 Å². The van der Waals surface area contributed by atoms with Gasteiger partial charge in [0.2, 0.25) is 0 Å². The number of hydrogen-bond acceptors (Lipinski definition) is 3. The first-order valence-electron chi connectivity index (χ1n) is 4.64. The zero-order valence-corrected chi connectivity index (χ0v) is 9.38. The van der Waals surface area contributed by atoms with E-state index in [1.807, 2.05) is 0 Å². The molecular formula is C11H10ClNO3. The summed E-state index contributed by atoms with van der Waals surface area (Å²) in [6.07, 6.45) is 1.58. The molecule has 0 aliphatic carbocycles.